The van der Waals surface area contributed by atoms with Gasteiger partial charge in [0.25, 0.3) is 0 Å². The summed E-state index contributed by atoms with van der Waals surface area (Å²) < 4.78 is 10.6. The number of methoxy groups -OCH3 is 1. The van der Waals surface area contributed by atoms with Crippen LogP contribution in [0, 0.1) is 13.8 Å². The Kier molecular flexibility index (Phi) is 8.87. The summed E-state index contributed by atoms with van der Waals surface area (Å²) in [5.41, 5.74) is 5.32. The lowest BCUT2D eigenvalue weighted by molar-refractivity contribution is -0.136. The predicted molar refractivity (Wildman–Crippen MR) is 142 cm³/mol. The highest BCUT2D eigenvalue weighted by Crippen LogP contribution is 2.46. The number of aryl methyl sites for hydroxylation is 2. The number of hydrogen-bond acceptors (Lipinski definition) is 8. The second-order valence-corrected chi connectivity index (χ2v) is 10.1. The number of benzene rings is 1. The van der Waals surface area contributed by atoms with Crippen molar-refractivity contribution in [3.8, 4) is 0 Å². The van der Waals surface area contributed by atoms with Gasteiger partial charge in [0.05, 0.1) is 44.1 Å². The van der Waals surface area contributed by atoms with Crippen LogP contribution in [0.2, 0.25) is 0 Å². The van der Waals surface area contributed by atoms with Crippen molar-refractivity contribution in [2.75, 3.05) is 46.5 Å². The van der Waals surface area contributed by atoms with Crippen LogP contribution in [-0.4, -0.2) is 73.3 Å². The molecule has 9 heteroatoms. The number of morpholine rings is 1. The standard InChI is InChI=1S/C27H36N4O4S/c1-5-22-24(26(33)34-4)25(21-15-18(2)7-8-19(21)3)31-20(17-36-27(31)29-22)16-23(32)28-9-6-10-30-11-13-35-14-12-30/h7-8,15,17,25H,5-6,9-14,16H2,1-4H3,(H,28,32). The fourth-order valence-corrected chi connectivity index (χ4v) is 5.78. The van der Waals surface area contributed by atoms with Gasteiger partial charge < -0.3 is 19.7 Å². The molecule has 3 heterocycles. The van der Waals surface area contributed by atoms with Crippen molar-refractivity contribution in [3.63, 3.8) is 0 Å². The molecular weight excluding hydrogens is 476 g/mol. The maximum absolute atomic E-state index is 13.0. The van der Waals surface area contributed by atoms with Crippen molar-refractivity contribution in [1.29, 1.82) is 0 Å². The summed E-state index contributed by atoms with van der Waals surface area (Å²) in [6, 6.07) is 5.87. The minimum atomic E-state index is -0.393. The van der Waals surface area contributed by atoms with Crippen molar-refractivity contribution in [1.82, 2.24) is 15.1 Å². The van der Waals surface area contributed by atoms with Crippen LogP contribution in [0.1, 0.15) is 48.9 Å². The molecule has 3 aliphatic heterocycles. The Hall–Kier alpha value is -2.62. The molecule has 1 saturated heterocycles. The Labute approximate surface area is 217 Å². The summed E-state index contributed by atoms with van der Waals surface area (Å²) in [5.74, 6) is -0.418. The Bertz CT molecular complexity index is 1090. The normalized spacial score (nSPS) is 20.1. The molecule has 0 bridgehead atoms. The van der Waals surface area contributed by atoms with Crippen molar-refractivity contribution >= 4 is 28.8 Å². The van der Waals surface area contributed by atoms with Gasteiger partial charge in [-0.15, -0.1) is 0 Å². The molecule has 1 amide bonds. The van der Waals surface area contributed by atoms with Gasteiger partial charge in [0.2, 0.25) is 5.91 Å². The number of ether oxygens (including phenoxy) is 2. The Balaban J connectivity index is 1.52. The zero-order valence-electron chi connectivity index (χ0n) is 21.6. The molecule has 0 aromatic heterocycles. The van der Waals surface area contributed by atoms with E-state index < -0.39 is 6.04 Å². The number of aliphatic imine (C=N–C) groups is 1. The van der Waals surface area contributed by atoms with Crippen molar-refractivity contribution in [3.05, 3.63) is 57.3 Å². The summed E-state index contributed by atoms with van der Waals surface area (Å²) in [6.45, 7) is 11.1. The SMILES string of the molecule is CCC1=C(C(=O)OC)C(c2cc(C)ccc2C)N2C(CC(=O)NCCCN3CCOCC3)=CSC2=N1. The first-order chi connectivity index (χ1) is 17.4. The number of thioether (sulfide) groups is 1. The molecule has 194 valence electrons. The third-order valence-corrected chi connectivity index (χ3v) is 7.67. The van der Waals surface area contributed by atoms with Crippen LogP contribution >= 0.6 is 11.8 Å². The van der Waals surface area contributed by atoms with Crippen LogP contribution in [0.25, 0.3) is 0 Å². The number of fused-ring (bicyclic) bond motifs is 1. The molecule has 0 aliphatic carbocycles. The maximum Gasteiger partial charge on any atom is 0.338 e. The van der Waals surface area contributed by atoms with E-state index in [-0.39, 0.29) is 18.3 Å². The first kappa shape index (κ1) is 26.4. The van der Waals surface area contributed by atoms with Gasteiger partial charge >= 0.3 is 5.97 Å². The van der Waals surface area contributed by atoms with Gasteiger partial charge in [-0.25, -0.2) is 9.79 Å². The summed E-state index contributed by atoms with van der Waals surface area (Å²) in [6.07, 6.45) is 1.74. The number of esters is 1. The number of allylic oxidation sites excluding steroid dienone is 1. The van der Waals surface area contributed by atoms with E-state index in [0.29, 0.717) is 18.5 Å². The molecule has 1 aromatic carbocycles. The molecule has 8 nitrogen and oxygen atoms in total. The van der Waals surface area contributed by atoms with Gasteiger partial charge in [0.1, 0.15) is 0 Å². The third-order valence-electron chi connectivity index (χ3n) is 6.78. The van der Waals surface area contributed by atoms with E-state index >= 15 is 0 Å². The van der Waals surface area contributed by atoms with E-state index in [2.05, 4.69) is 35.3 Å². The fourth-order valence-electron chi connectivity index (χ4n) is 4.84. The summed E-state index contributed by atoms with van der Waals surface area (Å²) >= 11 is 1.50. The first-order valence-corrected chi connectivity index (χ1v) is 13.5. The van der Waals surface area contributed by atoms with Crippen LogP contribution in [0.5, 0.6) is 0 Å². The monoisotopic (exact) mass is 512 g/mol. The van der Waals surface area contributed by atoms with E-state index in [1.54, 1.807) is 0 Å². The van der Waals surface area contributed by atoms with Gasteiger partial charge in [-0.1, -0.05) is 42.4 Å². The van der Waals surface area contributed by atoms with E-state index in [9.17, 15) is 9.59 Å². The lowest BCUT2D eigenvalue weighted by Crippen LogP contribution is -2.39. The van der Waals surface area contributed by atoms with Crippen molar-refractivity contribution < 1.29 is 19.1 Å². The van der Waals surface area contributed by atoms with Crippen LogP contribution in [0.4, 0.5) is 0 Å². The zero-order valence-corrected chi connectivity index (χ0v) is 22.5. The van der Waals surface area contributed by atoms with Gasteiger partial charge in [-0.3, -0.25) is 9.69 Å². The predicted octanol–water partition coefficient (Wildman–Crippen LogP) is 3.67. The van der Waals surface area contributed by atoms with Crippen molar-refractivity contribution in [2.24, 2.45) is 4.99 Å². The molecule has 1 unspecified atom stereocenters. The van der Waals surface area contributed by atoms with Gasteiger partial charge in [-0.05, 0) is 49.8 Å². The minimum absolute atomic E-state index is 0.0327. The average molecular weight is 513 g/mol. The average Bonchev–Trinajstić information content (AvgIpc) is 3.29. The Morgan fingerprint density at radius 3 is 2.75 bits per heavy atom. The lowest BCUT2D eigenvalue weighted by Gasteiger charge is -2.37. The van der Waals surface area contributed by atoms with E-state index in [1.807, 2.05) is 24.2 Å². The van der Waals surface area contributed by atoms with Crippen LogP contribution in [0.15, 0.2) is 45.6 Å². The number of carbonyl (C=O) groups excluding carboxylic acids is 2. The Morgan fingerprint density at radius 2 is 2.03 bits per heavy atom. The first-order valence-electron chi connectivity index (χ1n) is 12.6. The van der Waals surface area contributed by atoms with Crippen molar-refractivity contribution in [2.45, 2.75) is 46.1 Å². The van der Waals surface area contributed by atoms with Crippen LogP contribution < -0.4 is 5.32 Å². The molecule has 1 N–H and O–H groups in total. The van der Waals surface area contributed by atoms with Crippen LogP contribution in [-0.2, 0) is 19.1 Å². The number of nitrogens with one attached hydrogen (secondary N) is 1. The molecule has 4 rings (SSSR count). The van der Waals surface area contributed by atoms with Gasteiger partial charge in [0.15, 0.2) is 5.17 Å². The van der Waals surface area contributed by atoms with Crippen LogP contribution in [0.3, 0.4) is 0 Å². The number of rotatable bonds is 9. The number of amides is 1. The smallest absolute Gasteiger partial charge is 0.338 e. The number of hydrogen-bond donors (Lipinski definition) is 1. The second-order valence-electron chi connectivity index (χ2n) is 9.29. The molecule has 36 heavy (non-hydrogen) atoms. The minimum Gasteiger partial charge on any atom is -0.466 e. The number of carbonyl (C=O) groups is 2. The fraction of sp³-hybridized carbons (Fsp3) is 0.519. The summed E-state index contributed by atoms with van der Waals surface area (Å²) in [4.78, 5) is 35.2. The molecule has 3 aliphatic rings. The second kappa shape index (κ2) is 12.1. The molecule has 1 fully saturated rings. The molecule has 1 aromatic rings. The molecule has 0 spiro atoms. The van der Waals surface area contributed by atoms with Gasteiger partial charge in [0, 0.05) is 25.3 Å². The number of amidine groups is 1. The van der Waals surface area contributed by atoms with Gasteiger partial charge in [-0.2, -0.15) is 0 Å². The summed E-state index contributed by atoms with van der Waals surface area (Å²) in [5, 5.41) is 5.84. The number of nitrogens with zero attached hydrogens (tertiary/aromatic N) is 3. The Morgan fingerprint density at radius 1 is 1.25 bits per heavy atom. The molecule has 0 radical (unpaired) electrons. The lowest BCUT2D eigenvalue weighted by atomic mass is 9.89. The summed E-state index contributed by atoms with van der Waals surface area (Å²) in [7, 11) is 1.40. The third kappa shape index (κ3) is 5.85. The largest absolute Gasteiger partial charge is 0.466 e. The van der Waals surface area contributed by atoms with E-state index in [1.165, 1.54) is 18.9 Å². The topological polar surface area (TPSA) is 83.5 Å². The molecule has 0 saturated carbocycles. The van der Waals surface area contributed by atoms with E-state index in [0.717, 1.165) is 72.5 Å². The highest BCUT2D eigenvalue weighted by molar-refractivity contribution is 8.16. The zero-order chi connectivity index (χ0) is 25.7. The molecular formula is C27H36N4O4S. The quantitative estimate of drug-likeness (QED) is 0.399. The maximum atomic E-state index is 13.0. The molecule has 1 atom stereocenters. The highest BCUT2D eigenvalue weighted by atomic mass is 32.2. The van der Waals surface area contributed by atoms with E-state index in [4.69, 9.17) is 14.5 Å². The highest BCUT2D eigenvalue weighted by Gasteiger charge is 2.42.